The number of para-hydroxylation sites is 1. The Balaban J connectivity index is 2.70. The fraction of sp³-hybridized carbons (Fsp3) is 0.111. The van der Waals surface area contributed by atoms with Crippen molar-refractivity contribution in [2.75, 3.05) is 7.11 Å². The van der Waals surface area contributed by atoms with Crippen molar-refractivity contribution in [3.63, 3.8) is 0 Å². The highest BCUT2D eigenvalue weighted by molar-refractivity contribution is 7.20. The van der Waals surface area contributed by atoms with Gasteiger partial charge in [-0.1, -0.05) is 6.07 Å². The monoisotopic (exact) mass is 208 g/mol. The first-order valence-electron chi connectivity index (χ1n) is 3.95. The molecule has 0 saturated heterocycles. The molecule has 0 fully saturated rings. The molecule has 0 aliphatic heterocycles. The lowest BCUT2D eigenvalue weighted by molar-refractivity contribution is 0.1000. The van der Waals surface area contributed by atoms with Gasteiger partial charge in [-0.25, -0.2) is 4.98 Å². The van der Waals surface area contributed by atoms with E-state index in [0.717, 1.165) is 4.70 Å². The average molecular weight is 208 g/mol. The smallest absolute Gasteiger partial charge is 0.277 e. The molecule has 1 aromatic carbocycles. The highest BCUT2D eigenvalue weighted by atomic mass is 32.1. The predicted octanol–water partition coefficient (Wildman–Crippen LogP) is 1.40. The topological polar surface area (TPSA) is 65.2 Å². The zero-order valence-electron chi connectivity index (χ0n) is 7.48. The van der Waals surface area contributed by atoms with Crippen molar-refractivity contribution in [1.82, 2.24) is 4.98 Å². The summed E-state index contributed by atoms with van der Waals surface area (Å²) in [6.07, 6.45) is 0. The van der Waals surface area contributed by atoms with Crippen LogP contribution in [-0.2, 0) is 0 Å². The molecule has 1 amide bonds. The lowest BCUT2D eigenvalue weighted by Gasteiger charge is -1.97. The number of hydrogen-bond donors (Lipinski definition) is 1. The summed E-state index contributed by atoms with van der Waals surface area (Å²) in [4.78, 5) is 15.0. The van der Waals surface area contributed by atoms with E-state index in [1.807, 2.05) is 12.1 Å². The molecule has 0 radical (unpaired) electrons. The maximum absolute atomic E-state index is 10.9. The van der Waals surface area contributed by atoms with Gasteiger partial charge in [-0.15, -0.1) is 11.3 Å². The predicted molar refractivity (Wildman–Crippen MR) is 54.7 cm³/mol. The van der Waals surface area contributed by atoms with Crippen molar-refractivity contribution in [1.29, 1.82) is 0 Å². The van der Waals surface area contributed by atoms with Crippen LogP contribution in [0.15, 0.2) is 18.2 Å². The molecule has 0 bridgehead atoms. The lowest BCUT2D eigenvalue weighted by atomic mass is 10.3. The number of fused-ring (bicyclic) bond motifs is 1. The molecule has 0 aliphatic carbocycles. The number of nitrogens with two attached hydrogens (primary N) is 1. The molecule has 14 heavy (non-hydrogen) atoms. The minimum atomic E-state index is -0.506. The molecular weight excluding hydrogens is 200 g/mol. The van der Waals surface area contributed by atoms with E-state index in [9.17, 15) is 4.79 Å². The molecule has 2 rings (SSSR count). The summed E-state index contributed by atoms with van der Waals surface area (Å²) < 4.78 is 6.01. The third-order valence-electron chi connectivity index (χ3n) is 1.81. The number of carbonyl (C=O) groups is 1. The summed E-state index contributed by atoms with van der Waals surface area (Å²) in [6, 6.07) is 5.53. The molecule has 2 aromatic rings. The van der Waals surface area contributed by atoms with Gasteiger partial charge in [0.2, 0.25) is 0 Å². The third-order valence-corrected chi connectivity index (χ3v) is 2.85. The van der Waals surface area contributed by atoms with Crippen molar-refractivity contribution < 1.29 is 9.53 Å². The van der Waals surface area contributed by atoms with Gasteiger partial charge in [0.05, 0.1) is 11.8 Å². The second-order valence-electron chi connectivity index (χ2n) is 2.69. The van der Waals surface area contributed by atoms with Gasteiger partial charge >= 0.3 is 0 Å². The zero-order chi connectivity index (χ0) is 10.1. The summed E-state index contributed by atoms with van der Waals surface area (Å²) in [5, 5.41) is 0.310. The Morgan fingerprint density at radius 3 is 3.00 bits per heavy atom. The molecule has 0 spiro atoms. The van der Waals surface area contributed by atoms with Gasteiger partial charge in [-0.05, 0) is 12.1 Å². The van der Waals surface area contributed by atoms with Gasteiger partial charge in [0.15, 0.2) is 5.01 Å². The van der Waals surface area contributed by atoms with E-state index in [-0.39, 0.29) is 0 Å². The number of ether oxygens (including phenoxy) is 1. The van der Waals surface area contributed by atoms with Crippen molar-refractivity contribution in [3.8, 4) is 5.75 Å². The van der Waals surface area contributed by atoms with Crippen LogP contribution in [0, 0.1) is 0 Å². The van der Waals surface area contributed by atoms with E-state index in [0.29, 0.717) is 16.3 Å². The maximum atomic E-state index is 10.9. The number of hydrogen-bond acceptors (Lipinski definition) is 4. The molecule has 0 atom stereocenters. The number of aromatic nitrogens is 1. The molecular formula is C9H8N2O2S. The van der Waals surface area contributed by atoms with Crippen LogP contribution < -0.4 is 10.5 Å². The van der Waals surface area contributed by atoms with Crippen molar-refractivity contribution in [3.05, 3.63) is 23.2 Å². The largest absolute Gasteiger partial charge is 0.494 e. The molecule has 0 unspecified atom stereocenters. The number of carbonyl (C=O) groups excluding carboxylic acids is 1. The fourth-order valence-electron chi connectivity index (χ4n) is 1.19. The van der Waals surface area contributed by atoms with Crippen LogP contribution in [0.1, 0.15) is 9.80 Å². The minimum Gasteiger partial charge on any atom is -0.494 e. The second kappa shape index (κ2) is 3.26. The standard InChI is InChI=1S/C9H8N2O2S/c1-13-5-3-2-4-6-7(5)11-9(14-6)8(10)12/h2-4H,1H3,(H2,10,12). The molecule has 0 saturated carbocycles. The number of methoxy groups -OCH3 is 1. The summed E-state index contributed by atoms with van der Waals surface area (Å²) in [7, 11) is 1.57. The second-order valence-corrected chi connectivity index (χ2v) is 3.72. The fourth-order valence-corrected chi connectivity index (χ4v) is 2.03. The normalized spacial score (nSPS) is 10.4. The Morgan fingerprint density at radius 1 is 1.57 bits per heavy atom. The van der Waals surface area contributed by atoms with Crippen LogP contribution >= 0.6 is 11.3 Å². The highest BCUT2D eigenvalue weighted by Gasteiger charge is 2.11. The van der Waals surface area contributed by atoms with E-state index >= 15 is 0 Å². The van der Waals surface area contributed by atoms with Crippen LogP contribution in [-0.4, -0.2) is 18.0 Å². The SMILES string of the molecule is COc1cccc2sc(C(N)=O)nc12. The Hall–Kier alpha value is -1.62. The number of benzene rings is 1. The highest BCUT2D eigenvalue weighted by Crippen LogP contribution is 2.29. The van der Waals surface area contributed by atoms with Gasteiger partial charge in [-0.2, -0.15) is 0 Å². The van der Waals surface area contributed by atoms with E-state index in [4.69, 9.17) is 10.5 Å². The first-order chi connectivity index (χ1) is 6.72. The van der Waals surface area contributed by atoms with E-state index in [1.165, 1.54) is 11.3 Å². The molecule has 1 heterocycles. The van der Waals surface area contributed by atoms with Crippen molar-refractivity contribution in [2.45, 2.75) is 0 Å². The first-order valence-corrected chi connectivity index (χ1v) is 4.77. The number of primary amides is 1. The molecule has 1 aromatic heterocycles. The van der Waals surface area contributed by atoms with Gasteiger partial charge in [0.1, 0.15) is 11.3 Å². The minimum absolute atomic E-state index is 0.310. The van der Waals surface area contributed by atoms with Gasteiger partial charge < -0.3 is 10.5 Å². The van der Waals surface area contributed by atoms with Crippen LogP contribution in [0.3, 0.4) is 0 Å². The summed E-state index contributed by atoms with van der Waals surface area (Å²) >= 11 is 1.27. The first kappa shape index (κ1) is 8.96. The van der Waals surface area contributed by atoms with Gasteiger partial charge in [0.25, 0.3) is 5.91 Å². The average Bonchev–Trinajstić information content (AvgIpc) is 2.60. The lowest BCUT2D eigenvalue weighted by Crippen LogP contribution is -2.09. The zero-order valence-corrected chi connectivity index (χ0v) is 8.30. The Labute approximate surface area is 84.3 Å². The molecule has 0 aliphatic rings. The Bertz CT molecular complexity index is 493. The summed E-state index contributed by atoms with van der Waals surface area (Å²) in [6.45, 7) is 0. The molecule has 72 valence electrons. The summed E-state index contributed by atoms with van der Waals surface area (Å²) in [5.41, 5.74) is 5.83. The van der Waals surface area contributed by atoms with E-state index in [2.05, 4.69) is 4.98 Å². The van der Waals surface area contributed by atoms with Crippen LogP contribution in [0.2, 0.25) is 0 Å². The molecule has 4 nitrogen and oxygen atoms in total. The van der Waals surface area contributed by atoms with Crippen LogP contribution in [0.4, 0.5) is 0 Å². The number of nitrogens with zero attached hydrogens (tertiary/aromatic N) is 1. The number of rotatable bonds is 2. The number of thiazole rings is 1. The third kappa shape index (κ3) is 1.31. The maximum Gasteiger partial charge on any atom is 0.277 e. The van der Waals surface area contributed by atoms with Gasteiger partial charge in [-0.3, -0.25) is 4.79 Å². The molecule has 5 heteroatoms. The molecule has 2 N–H and O–H groups in total. The van der Waals surface area contributed by atoms with E-state index in [1.54, 1.807) is 13.2 Å². The quantitative estimate of drug-likeness (QED) is 0.811. The van der Waals surface area contributed by atoms with Crippen LogP contribution in [0.5, 0.6) is 5.75 Å². The van der Waals surface area contributed by atoms with Crippen molar-refractivity contribution in [2.24, 2.45) is 5.73 Å². The van der Waals surface area contributed by atoms with Crippen LogP contribution in [0.25, 0.3) is 10.2 Å². The van der Waals surface area contributed by atoms with E-state index < -0.39 is 5.91 Å². The van der Waals surface area contributed by atoms with Gasteiger partial charge in [0, 0.05) is 0 Å². The summed E-state index contributed by atoms with van der Waals surface area (Å²) in [5.74, 6) is 0.152. The van der Waals surface area contributed by atoms with Crippen molar-refractivity contribution >= 4 is 27.5 Å². The Kier molecular flexibility index (Phi) is 2.09. The number of amides is 1. The Morgan fingerprint density at radius 2 is 2.36 bits per heavy atom.